The summed E-state index contributed by atoms with van der Waals surface area (Å²) in [5.74, 6) is 0. The van der Waals surface area contributed by atoms with Gasteiger partial charge in [-0.2, -0.15) is 0 Å². The summed E-state index contributed by atoms with van der Waals surface area (Å²) in [4.78, 5) is 13.6. The topological polar surface area (TPSA) is 29.5 Å². The van der Waals surface area contributed by atoms with Crippen LogP contribution in [0.1, 0.15) is 25.0 Å². The molecular weight excluding hydrogens is 214 g/mol. The summed E-state index contributed by atoms with van der Waals surface area (Å²) in [5, 5.41) is 0. The molecule has 1 aliphatic heterocycles. The summed E-state index contributed by atoms with van der Waals surface area (Å²) in [6, 6.07) is 8.40. The van der Waals surface area contributed by atoms with Gasteiger partial charge in [0.2, 0.25) is 0 Å². The molecule has 0 unspecified atom stereocenters. The van der Waals surface area contributed by atoms with Crippen LogP contribution in [0.3, 0.4) is 0 Å². The summed E-state index contributed by atoms with van der Waals surface area (Å²) in [6.07, 6.45) is 1.60. The molecule has 0 N–H and O–H groups in total. The summed E-state index contributed by atoms with van der Waals surface area (Å²) < 4.78 is 5.23. The van der Waals surface area contributed by atoms with E-state index in [9.17, 15) is 4.79 Å². The standard InChI is InChI=1S/C14H19NO2/c1-11(2)17-14(16)15-9-7-12-5-3-4-6-13(12)8-10-15/h3-6,11H,7-10H2,1-2H3. The van der Waals surface area contributed by atoms with Crippen LogP contribution in [-0.2, 0) is 17.6 Å². The van der Waals surface area contributed by atoms with Crippen molar-refractivity contribution in [3.05, 3.63) is 35.4 Å². The molecule has 0 bridgehead atoms. The van der Waals surface area contributed by atoms with Gasteiger partial charge < -0.3 is 9.64 Å². The molecule has 92 valence electrons. The van der Waals surface area contributed by atoms with E-state index in [4.69, 9.17) is 4.74 Å². The van der Waals surface area contributed by atoms with Crippen LogP contribution in [-0.4, -0.2) is 30.2 Å². The molecule has 0 saturated heterocycles. The second-order valence-corrected chi connectivity index (χ2v) is 4.69. The monoisotopic (exact) mass is 233 g/mol. The molecule has 3 nitrogen and oxygen atoms in total. The summed E-state index contributed by atoms with van der Waals surface area (Å²) in [6.45, 7) is 5.26. The fraction of sp³-hybridized carbons (Fsp3) is 0.500. The number of hydrogen-bond donors (Lipinski definition) is 0. The second kappa shape index (κ2) is 5.21. The van der Waals surface area contributed by atoms with Crippen molar-refractivity contribution in [2.24, 2.45) is 0 Å². The maximum atomic E-state index is 11.8. The normalized spacial score (nSPS) is 15.4. The fourth-order valence-electron chi connectivity index (χ4n) is 2.13. The van der Waals surface area contributed by atoms with Crippen molar-refractivity contribution in [2.75, 3.05) is 13.1 Å². The lowest BCUT2D eigenvalue weighted by molar-refractivity contribution is 0.0781. The number of nitrogens with zero attached hydrogens (tertiary/aromatic N) is 1. The SMILES string of the molecule is CC(C)OC(=O)N1CCc2ccccc2CC1. The zero-order valence-electron chi connectivity index (χ0n) is 10.5. The number of carbonyl (C=O) groups excluding carboxylic acids is 1. The van der Waals surface area contributed by atoms with E-state index in [-0.39, 0.29) is 12.2 Å². The van der Waals surface area contributed by atoms with Crippen LogP contribution >= 0.6 is 0 Å². The Morgan fingerprint density at radius 2 is 1.71 bits per heavy atom. The first-order valence-corrected chi connectivity index (χ1v) is 6.19. The molecule has 0 aliphatic carbocycles. The predicted octanol–water partition coefficient (Wildman–Crippen LogP) is 2.63. The van der Waals surface area contributed by atoms with Gasteiger partial charge in [-0.05, 0) is 37.8 Å². The number of ether oxygens (including phenoxy) is 1. The highest BCUT2D eigenvalue weighted by Crippen LogP contribution is 2.16. The largest absolute Gasteiger partial charge is 0.447 e. The number of carbonyl (C=O) groups is 1. The van der Waals surface area contributed by atoms with E-state index in [1.807, 2.05) is 13.8 Å². The molecule has 1 amide bonds. The van der Waals surface area contributed by atoms with Gasteiger partial charge in [-0.1, -0.05) is 24.3 Å². The van der Waals surface area contributed by atoms with Crippen molar-refractivity contribution in [1.29, 1.82) is 0 Å². The molecular formula is C14H19NO2. The highest BCUT2D eigenvalue weighted by Gasteiger charge is 2.19. The first-order valence-electron chi connectivity index (χ1n) is 6.19. The van der Waals surface area contributed by atoms with Crippen molar-refractivity contribution in [1.82, 2.24) is 4.90 Å². The van der Waals surface area contributed by atoms with Crippen LogP contribution in [0.5, 0.6) is 0 Å². The van der Waals surface area contributed by atoms with E-state index in [2.05, 4.69) is 24.3 Å². The molecule has 0 spiro atoms. The Kier molecular flexibility index (Phi) is 3.67. The van der Waals surface area contributed by atoms with Gasteiger partial charge in [-0.25, -0.2) is 4.79 Å². The lowest BCUT2D eigenvalue weighted by Gasteiger charge is -2.21. The smallest absolute Gasteiger partial charge is 0.410 e. The van der Waals surface area contributed by atoms with Crippen molar-refractivity contribution in [3.8, 4) is 0 Å². The van der Waals surface area contributed by atoms with E-state index in [1.165, 1.54) is 11.1 Å². The van der Waals surface area contributed by atoms with Gasteiger partial charge in [-0.15, -0.1) is 0 Å². The van der Waals surface area contributed by atoms with Gasteiger partial charge in [0.1, 0.15) is 0 Å². The first kappa shape index (κ1) is 12.0. The van der Waals surface area contributed by atoms with Crippen molar-refractivity contribution in [2.45, 2.75) is 32.8 Å². The quantitative estimate of drug-likeness (QED) is 0.746. The molecule has 2 rings (SSSR count). The molecule has 0 aromatic heterocycles. The summed E-state index contributed by atoms with van der Waals surface area (Å²) in [5.41, 5.74) is 2.71. The molecule has 0 radical (unpaired) electrons. The van der Waals surface area contributed by atoms with Crippen molar-refractivity contribution >= 4 is 6.09 Å². The Morgan fingerprint density at radius 1 is 1.18 bits per heavy atom. The number of amides is 1. The Labute approximate surface area is 102 Å². The van der Waals surface area contributed by atoms with Gasteiger partial charge in [0.05, 0.1) is 6.10 Å². The summed E-state index contributed by atoms with van der Waals surface area (Å²) in [7, 11) is 0. The number of rotatable bonds is 1. The van der Waals surface area contributed by atoms with Gasteiger partial charge in [-0.3, -0.25) is 0 Å². The van der Waals surface area contributed by atoms with Crippen molar-refractivity contribution in [3.63, 3.8) is 0 Å². The number of fused-ring (bicyclic) bond motifs is 1. The molecule has 0 atom stereocenters. The molecule has 1 aromatic carbocycles. The van der Waals surface area contributed by atoms with Crippen LogP contribution in [0.4, 0.5) is 4.79 Å². The zero-order chi connectivity index (χ0) is 12.3. The maximum Gasteiger partial charge on any atom is 0.410 e. The average molecular weight is 233 g/mol. The maximum absolute atomic E-state index is 11.8. The lowest BCUT2D eigenvalue weighted by atomic mass is 10.0. The molecule has 1 aliphatic rings. The molecule has 0 fully saturated rings. The van der Waals surface area contributed by atoms with E-state index >= 15 is 0 Å². The Hall–Kier alpha value is -1.51. The third-order valence-corrected chi connectivity index (χ3v) is 3.02. The Bertz CT molecular complexity index is 374. The van der Waals surface area contributed by atoms with E-state index in [0.29, 0.717) is 0 Å². The Balaban J connectivity index is 2.01. The van der Waals surface area contributed by atoms with Gasteiger partial charge in [0.15, 0.2) is 0 Å². The third-order valence-electron chi connectivity index (χ3n) is 3.02. The predicted molar refractivity (Wildman–Crippen MR) is 67.0 cm³/mol. The number of benzene rings is 1. The molecule has 0 saturated carbocycles. The van der Waals surface area contributed by atoms with E-state index in [1.54, 1.807) is 4.90 Å². The van der Waals surface area contributed by atoms with Gasteiger partial charge in [0.25, 0.3) is 0 Å². The van der Waals surface area contributed by atoms with Crippen LogP contribution < -0.4 is 0 Å². The van der Waals surface area contributed by atoms with Crippen LogP contribution in [0.25, 0.3) is 0 Å². The minimum Gasteiger partial charge on any atom is -0.447 e. The van der Waals surface area contributed by atoms with Crippen LogP contribution in [0, 0.1) is 0 Å². The van der Waals surface area contributed by atoms with Gasteiger partial charge in [0, 0.05) is 13.1 Å². The second-order valence-electron chi connectivity index (χ2n) is 4.69. The lowest BCUT2D eigenvalue weighted by Crippen LogP contribution is -2.35. The zero-order valence-corrected chi connectivity index (χ0v) is 10.5. The van der Waals surface area contributed by atoms with E-state index in [0.717, 1.165) is 25.9 Å². The minimum atomic E-state index is -0.187. The van der Waals surface area contributed by atoms with E-state index < -0.39 is 0 Å². The average Bonchev–Trinajstić information content (AvgIpc) is 2.50. The van der Waals surface area contributed by atoms with Crippen molar-refractivity contribution < 1.29 is 9.53 Å². The molecule has 3 heteroatoms. The summed E-state index contributed by atoms with van der Waals surface area (Å²) >= 11 is 0. The minimum absolute atomic E-state index is 0.0480. The fourth-order valence-corrected chi connectivity index (χ4v) is 2.13. The highest BCUT2D eigenvalue weighted by atomic mass is 16.6. The van der Waals surface area contributed by atoms with Gasteiger partial charge >= 0.3 is 6.09 Å². The van der Waals surface area contributed by atoms with Crippen LogP contribution in [0.15, 0.2) is 24.3 Å². The molecule has 1 aromatic rings. The first-order chi connectivity index (χ1) is 8.16. The van der Waals surface area contributed by atoms with Crippen LogP contribution in [0.2, 0.25) is 0 Å². The highest BCUT2D eigenvalue weighted by molar-refractivity contribution is 5.68. The Morgan fingerprint density at radius 3 is 2.18 bits per heavy atom. The number of hydrogen-bond acceptors (Lipinski definition) is 2. The third kappa shape index (κ3) is 2.99. The molecule has 17 heavy (non-hydrogen) atoms. The molecule has 1 heterocycles.